The first-order valence-electron chi connectivity index (χ1n) is 5.03. The number of hydrogen-bond acceptors (Lipinski definition) is 0. The third kappa shape index (κ3) is 1.20. The highest BCUT2D eigenvalue weighted by molar-refractivity contribution is 6.07. The van der Waals surface area contributed by atoms with E-state index in [2.05, 4.69) is 0 Å². The lowest BCUT2D eigenvalue weighted by atomic mass is 10.0. The van der Waals surface area contributed by atoms with E-state index in [-0.39, 0.29) is 11.6 Å². The van der Waals surface area contributed by atoms with Crippen molar-refractivity contribution < 1.29 is 8.78 Å². The van der Waals surface area contributed by atoms with Crippen LogP contribution in [0, 0.1) is 11.6 Å². The van der Waals surface area contributed by atoms with Crippen LogP contribution in [0.1, 0.15) is 0 Å². The first-order valence-corrected chi connectivity index (χ1v) is 5.03. The molecule has 78 valence electrons. The molecular weight excluding hydrogens is 206 g/mol. The monoisotopic (exact) mass is 214 g/mol. The zero-order chi connectivity index (χ0) is 11.1. The second kappa shape index (κ2) is 3.27. The Kier molecular flexibility index (Phi) is 1.90. The molecule has 0 unspecified atom stereocenters. The van der Waals surface area contributed by atoms with Crippen LogP contribution in [0.4, 0.5) is 8.78 Å². The molecule has 0 bridgehead atoms. The summed E-state index contributed by atoms with van der Waals surface area (Å²) in [6, 6.07) is 13.2. The molecule has 16 heavy (non-hydrogen) atoms. The Morgan fingerprint density at radius 3 is 2.00 bits per heavy atom. The summed E-state index contributed by atoms with van der Waals surface area (Å²) >= 11 is 0. The van der Waals surface area contributed by atoms with Crippen molar-refractivity contribution in [1.82, 2.24) is 0 Å². The fourth-order valence-electron chi connectivity index (χ4n) is 2.05. The van der Waals surface area contributed by atoms with Crippen LogP contribution in [0.15, 0.2) is 48.5 Å². The number of hydrogen-bond donors (Lipinski definition) is 0. The molecule has 0 N–H and O–H groups in total. The number of benzene rings is 3. The predicted octanol–water partition coefficient (Wildman–Crippen LogP) is 4.27. The van der Waals surface area contributed by atoms with Gasteiger partial charge in [0, 0.05) is 10.8 Å². The van der Waals surface area contributed by atoms with Crippen molar-refractivity contribution in [2.24, 2.45) is 0 Å². The van der Waals surface area contributed by atoms with Gasteiger partial charge in [-0.05, 0) is 22.9 Å². The molecule has 0 amide bonds. The van der Waals surface area contributed by atoms with E-state index in [0.717, 1.165) is 10.8 Å². The predicted molar refractivity (Wildman–Crippen MR) is 61.4 cm³/mol. The van der Waals surface area contributed by atoms with Crippen molar-refractivity contribution in [3.63, 3.8) is 0 Å². The van der Waals surface area contributed by atoms with E-state index in [0.29, 0.717) is 10.8 Å². The van der Waals surface area contributed by atoms with Crippen LogP contribution in [0.2, 0.25) is 0 Å². The average Bonchev–Trinajstić information content (AvgIpc) is 2.31. The maximum atomic E-state index is 13.7. The zero-order valence-corrected chi connectivity index (χ0v) is 8.37. The topological polar surface area (TPSA) is 0 Å². The van der Waals surface area contributed by atoms with Crippen LogP contribution >= 0.6 is 0 Å². The second-order valence-corrected chi connectivity index (χ2v) is 3.74. The minimum absolute atomic E-state index is 0.332. The molecule has 0 saturated heterocycles. The molecule has 0 aliphatic heterocycles. The second-order valence-electron chi connectivity index (χ2n) is 3.74. The van der Waals surface area contributed by atoms with Crippen LogP contribution in [-0.4, -0.2) is 0 Å². The van der Waals surface area contributed by atoms with Gasteiger partial charge in [0.2, 0.25) is 0 Å². The first-order chi connectivity index (χ1) is 7.77. The smallest absolute Gasteiger partial charge is 0.131 e. The van der Waals surface area contributed by atoms with E-state index in [1.807, 2.05) is 6.07 Å². The third-order valence-electron chi connectivity index (χ3n) is 2.80. The molecule has 0 radical (unpaired) electrons. The molecule has 0 nitrogen and oxygen atoms in total. The number of halogens is 2. The van der Waals surface area contributed by atoms with Crippen LogP contribution in [0.25, 0.3) is 21.5 Å². The molecule has 0 heterocycles. The molecule has 0 aliphatic rings. The highest BCUT2D eigenvalue weighted by atomic mass is 19.1. The van der Waals surface area contributed by atoms with E-state index in [4.69, 9.17) is 0 Å². The van der Waals surface area contributed by atoms with Crippen molar-refractivity contribution in [3.8, 4) is 0 Å². The Labute approximate surface area is 91.1 Å². The fraction of sp³-hybridized carbons (Fsp3) is 0. The highest BCUT2D eigenvalue weighted by Crippen LogP contribution is 2.29. The standard InChI is InChI=1S/C14H8F2/c15-13-7-3-6-10-9-4-1-2-5-11(9)14(16)8-12(10)13/h1-8H. The van der Waals surface area contributed by atoms with E-state index in [9.17, 15) is 8.78 Å². The molecule has 0 atom stereocenters. The van der Waals surface area contributed by atoms with Crippen molar-refractivity contribution in [1.29, 1.82) is 0 Å². The molecule has 3 rings (SSSR count). The van der Waals surface area contributed by atoms with Gasteiger partial charge in [0.15, 0.2) is 0 Å². The number of rotatable bonds is 0. The lowest BCUT2D eigenvalue weighted by Crippen LogP contribution is -1.85. The average molecular weight is 214 g/mol. The molecule has 3 aromatic rings. The third-order valence-corrected chi connectivity index (χ3v) is 2.80. The molecule has 3 aromatic carbocycles. The minimum Gasteiger partial charge on any atom is -0.206 e. The maximum absolute atomic E-state index is 13.7. The van der Waals surface area contributed by atoms with E-state index >= 15 is 0 Å². The summed E-state index contributed by atoms with van der Waals surface area (Å²) in [7, 11) is 0. The Morgan fingerprint density at radius 2 is 1.19 bits per heavy atom. The SMILES string of the molecule is Fc1cc2c(F)cccc2c2ccccc12. The normalized spacial score (nSPS) is 11.1. The van der Waals surface area contributed by atoms with Crippen LogP contribution in [0.5, 0.6) is 0 Å². The maximum Gasteiger partial charge on any atom is 0.131 e. The van der Waals surface area contributed by atoms with Crippen molar-refractivity contribution in [3.05, 3.63) is 60.2 Å². The van der Waals surface area contributed by atoms with Gasteiger partial charge in [-0.3, -0.25) is 0 Å². The van der Waals surface area contributed by atoms with Crippen LogP contribution in [-0.2, 0) is 0 Å². The molecule has 0 saturated carbocycles. The summed E-state index contributed by atoms with van der Waals surface area (Å²) in [5, 5.41) is 2.35. The van der Waals surface area contributed by atoms with Crippen molar-refractivity contribution in [2.45, 2.75) is 0 Å². The van der Waals surface area contributed by atoms with Gasteiger partial charge >= 0.3 is 0 Å². The first kappa shape index (κ1) is 9.28. The molecule has 0 aromatic heterocycles. The van der Waals surface area contributed by atoms with Crippen molar-refractivity contribution in [2.75, 3.05) is 0 Å². The zero-order valence-electron chi connectivity index (χ0n) is 8.37. The molecule has 0 aliphatic carbocycles. The molecular formula is C14H8F2. The van der Waals surface area contributed by atoms with Gasteiger partial charge in [0.25, 0.3) is 0 Å². The lowest BCUT2D eigenvalue weighted by Gasteiger charge is -2.05. The summed E-state index contributed by atoms with van der Waals surface area (Å²) in [6.45, 7) is 0. The Morgan fingerprint density at radius 1 is 0.562 bits per heavy atom. The largest absolute Gasteiger partial charge is 0.206 e. The molecule has 0 fully saturated rings. The molecule has 0 spiro atoms. The van der Waals surface area contributed by atoms with E-state index in [1.165, 1.54) is 12.1 Å². The summed E-state index contributed by atoms with van der Waals surface area (Å²) in [5.41, 5.74) is 0. The summed E-state index contributed by atoms with van der Waals surface area (Å²) < 4.78 is 27.3. The summed E-state index contributed by atoms with van der Waals surface area (Å²) in [4.78, 5) is 0. The van der Waals surface area contributed by atoms with Gasteiger partial charge in [-0.15, -0.1) is 0 Å². The highest BCUT2D eigenvalue weighted by Gasteiger charge is 2.08. The van der Waals surface area contributed by atoms with E-state index in [1.54, 1.807) is 30.3 Å². The Hall–Kier alpha value is -1.96. The minimum atomic E-state index is -0.387. The van der Waals surface area contributed by atoms with Crippen LogP contribution < -0.4 is 0 Å². The van der Waals surface area contributed by atoms with Gasteiger partial charge in [-0.25, -0.2) is 8.78 Å². The van der Waals surface area contributed by atoms with Gasteiger partial charge in [-0.1, -0.05) is 36.4 Å². The van der Waals surface area contributed by atoms with Gasteiger partial charge in [-0.2, -0.15) is 0 Å². The lowest BCUT2D eigenvalue weighted by molar-refractivity contribution is 0.629. The van der Waals surface area contributed by atoms with Gasteiger partial charge < -0.3 is 0 Å². The Balaban J connectivity index is 2.64. The fourth-order valence-corrected chi connectivity index (χ4v) is 2.05. The van der Waals surface area contributed by atoms with Crippen LogP contribution in [0.3, 0.4) is 0 Å². The Bertz CT molecular complexity index is 681. The van der Waals surface area contributed by atoms with Gasteiger partial charge in [0.05, 0.1) is 0 Å². The summed E-state index contributed by atoms with van der Waals surface area (Å²) in [5.74, 6) is -0.768. The summed E-state index contributed by atoms with van der Waals surface area (Å²) in [6.07, 6.45) is 0. The number of fused-ring (bicyclic) bond motifs is 3. The van der Waals surface area contributed by atoms with Gasteiger partial charge in [0.1, 0.15) is 11.6 Å². The van der Waals surface area contributed by atoms with E-state index < -0.39 is 0 Å². The van der Waals surface area contributed by atoms with Crippen molar-refractivity contribution >= 4 is 21.5 Å². The molecule has 2 heteroatoms. The quantitative estimate of drug-likeness (QED) is 0.490.